The normalized spacial score (nSPS) is 15.7. The SMILES string of the molecule is CCOC(=O)[C@@H]1CCCN(C(=O)CSc2nc3ccccc3c(=O)n2Cc2ccccc2OC)C1. The van der Waals surface area contributed by atoms with E-state index >= 15 is 0 Å². The molecular formula is C26H29N3O5S. The molecule has 1 aliphatic heterocycles. The molecule has 0 radical (unpaired) electrons. The molecule has 9 heteroatoms. The van der Waals surface area contributed by atoms with E-state index in [1.807, 2.05) is 36.4 Å². The molecule has 1 amide bonds. The van der Waals surface area contributed by atoms with Crippen LogP contribution in [0.1, 0.15) is 25.3 Å². The maximum absolute atomic E-state index is 13.4. The number of hydrogen-bond acceptors (Lipinski definition) is 7. The molecule has 1 saturated heterocycles. The lowest BCUT2D eigenvalue weighted by Crippen LogP contribution is -2.43. The van der Waals surface area contributed by atoms with Gasteiger partial charge in [-0.25, -0.2) is 4.98 Å². The van der Waals surface area contributed by atoms with E-state index in [0.29, 0.717) is 41.5 Å². The molecular weight excluding hydrogens is 466 g/mol. The smallest absolute Gasteiger partial charge is 0.310 e. The maximum Gasteiger partial charge on any atom is 0.310 e. The van der Waals surface area contributed by atoms with Crippen LogP contribution in [0.5, 0.6) is 5.75 Å². The summed E-state index contributed by atoms with van der Waals surface area (Å²) in [5.41, 5.74) is 1.26. The molecule has 3 aromatic rings. The Morgan fingerprint density at radius 1 is 1.14 bits per heavy atom. The van der Waals surface area contributed by atoms with Crippen molar-refractivity contribution < 1.29 is 19.1 Å². The van der Waals surface area contributed by atoms with E-state index in [4.69, 9.17) is 14.5 Å². The average molecular weight is 496 g/mol. The van der Waals surface area contributed by atoms with Crippen molar-refractivity contribution in [1.82, 2.24) is 14.5 Å². The summed E-state index contributed by atoms with van der Waals surface area (Å²) in [6.45, 7) is 3.34. The zero-order valence-corrected chi connectivity index (χ0v) is 20.8. The molecule has 184 valence electrons. The van der Waals surface area contributed by atoms with E-state index in [0.717, 1.165) is 18.4 Å². The van der Waals surface area contributed by atoms with Gasteiger partial charge in [0, 0.05) is 18.7 Å². The van der Waals surface area contributed by atoms with Crippen molar-refractivity contribution in [2.24, 2.45) is 5.92 Å². The predicted molar refractivity (Wildman–Crippen MR) is 135 cm³/mol. The Balaban J connectivity index is 1.57. The standard InChI is InChI=1S/C26H29N3O5S/c1-3-34-25(32)19-10-8-14-28(15-19)23(30)17-35-26-27-21-12-6-5-11-20(21)24(31)29(26)16-18-9-4-7-13-22(18)33-2/h4-7,9,11-13,19H,3,8,10,14-17H2,1-2H3/t19-/m1/s1. The number of amides is 1. The fourth-order valence-corrected chi connectivity index (χ4v) is 5.18. The van der Waals surface area contributed by atoms with Gasteiger partial charge in [0.2, 0.25) is 5.91 Å². The van der Waals surface area contributed by atoms with Crippen molar-refractivity contribution in [2.75, 3.05) is 32.6 Å². The summed E-state index contributed by atoms with van der Waals surface area (Å²) in [5, 5.41) is 0.985. The molecule has 35 heavy (non-hydrogen) atoms. The Bertz CT molecular complexity index is 1280. The second-order valence-electron chi connectivity index (χ2n) is 8.33. The van der Waals surface area contributed by atoms with Crippen LogP contribution in [0.15, 0.2) is 58.5 Å². The van der Waals surface area contributed by atoms with Gasteiger partial charge in [0.15, 0.2) is 5.16 Å². The number of para-hydroxylation sites is 2. The Hall–Kier alpha value is -3.33. The zero-order chi connectivity index (χ0) is 24.8. The van der Waals surface area contributed by atoms with E-state index < -0.39 is 0 Å². The molecule has 0 unspecified atom stereocenters. The largest absolute Gasteiger partial charge is 0.496 e. The van der Waals surface area contributed by atoms with Gasteiger partial charge in [-0.05, 0) is 38.0 Å². The van der Waals surface area contributed by atoms with Crippen LogP contribution < -0.4 is 10.3 Å². The van der Waals surface area contributed by atoms with Crippen molar-refractivity contribution in [3.8, 4) is 5.75 Å². The molecule has 0 bridgehead atoms. The molecule has 1 aromatic heterocycles. The van der Waals surface area contributed by atoms with Crippen LogP contribution in [0.4, 0.5) is 0 Å². The average Bonchev–Trinajstić information content (AvgIpc) is 2.89. The molecule has 1 fully saturated rings. The lowest BCUT2D eigenvalue weighted by atomic mass is 9.98. The Morgan fingerprint density at radius 3 is 2.71 bits per heavy atom. The molecule has 0 saturated carbocycles. The third-order valence-electron chi connectivity index (χ3n) is 6.07. The van der Waals surface area contributed by atoms with Crippen LogP contribution >= 0.6 is 11.8 Å². The van der Waals surface area contributed by atoms with Gasteiger partial charge in [-0.15, -0.1) is 0 Å². The van der Waals surface area contributed by atoms with E-state index in [2.05, 4.69) is 0 Å². The summed E-state index contributed by atoms with van der Waals surface area (Å²) in [6.07, 6.45) is 1.48. The number of thioether (sulfide) groups is 1. The van der Waals surface area contributed by atoms with Crippen LogP contribution in [-0.4, -0.2) is 58.9 Å². The molecule has 0 spiro atoms. The highest BCUT2D eigenvalue weighted by Crippen LogP contribution is 2.24. The number of ether oxygens (including phenoxy) is 2. The number of hydrogen-bond donors (Lipinski definition) is 0. The van der Waals surface area contributed by atoms with E-state index in [1.54, 1.807) is 35.6 Å². The van der Waals surface area contributed by atoms with Gasteiger partial charge in [0.05, 0.1) is 42.8 Å². The van der Waals surface area contributed by atoms with Gasteiger partial charge in [-0.3, -0.25) is 19.0 Å². The van der Waals surface area contributed by atoms with Crippen molar-refractivity contribution >= 4 is 34.5 Å². The van der Waals surface area contributed by atoms with Gasteiger partial charge < -0.3 is 14.4 Å². The highest BCUT2D eigenvalue weighted by Gasteiger charge is 2.29. The third kappa shape index (κ3) is 5.67. The first-order valence-electron chi connectivity index (χ1n) is 11.7. The highest BCUT2D eigenvalue weighted by atomic mass is 32.2. The summed E-state index contributed by atoms with van der Waals surface area (Å²) in [5.74, 6) is 0.166. The van der Waals surface area contributed by atoms with Gasteiger partial charge in [0.1, 0.15) is 5.75 Å². The molecule has 1 aliphatic rings. The third-order valence-corrected chi connectivity index (χ3v) is 7.03. The Morgan fingerprint density at radius 2 is 1.91 bits per heavy atom. The first-order valence-corrected chi connectivity index (χ1v) is 12.7. The van der Waals surface area contributed by atoms with E-state index in [-0.39, 0.29) is 35.7 Å². The molecule has 4 rings (SSSR count). The number of esters is 1. The van der Waals surface area contributed by atoms with Gasteiger partial charge in [-0.1, -0.05) is 42.1 Å². The van der Waals surface area contributed by atoms with E-state index in [1.165, 1.54) is 11.8 Å². The van der Waals surface area contributed by atoms with Gasteiger partial charge in [0.25, 0.3) is 5.56 Å². The van der Waals surface area contributed by atoms with Crippen LogP contribution in [0.2, 0.25) is 0 Å². The van der Waals surface area contributed by atoms with Gasteiger partial charge >= 0.3 is 5.97 Å². The quantitative estimate of drug-likeness (QED) is 0.269. The molecule has 2 heterocycles. The van der Waals surface area contributed by atoms with Crippen molar-refractivity contribution in [3.63, 3.8) is 0 Å². The zero-order valence-electron chi connectivity index (χ0n) is 19.9. The monoisotopic (exact) mass is 495 g/mol. The summed E-state index contributed by atoms with van der Waals surface area (Å²) < 4.78 is 12.2. The fourth-order valence-electron chi connectivity index (χ4n) is 4.27. The maximum atomic E-state index is 13.4. The molecule has 8 nitrogen and oxygen atoms in total. The number of carbonyl (C=O) groups is 2. The fraction of sp³-hybridized carbons (Fsp3) is 0.385. The van der Waals surface area contributed by atoms with E-state index in [9.17, 15) is 14.4 Å². The topological polar surface area (TPSA) is 90.7 Å². The Kier molecular flexibility index (Phi) is 8.07. The second-order valence-corrected chi connectivity index (χ2v) is 9.28. The van der Waals surface area contributed by atoms with Crippen LogP contribution in [0.3, 0.4) is 0 Å². The van der Waals surface area contributed by atoms with Crippen LogP contribution in [0.25, 0.3) is 10.9 Å². The predicted octanol–water partition coefficient (Wildman–Crippen LogP) is 3.35. The summed E-state index contributed by atoms with van der Waals surface area (Å²) in [6, 6.07) is 14.7. The minimum atomic E-state index is -0.292. The summed E-state index contributed by atoms with van der Waals surface area (Å²) in [4.78, 5) is 45.0. The number of likely N-dealkylation sites (tertiary alicyclic amines) is 1. The number of piperidine rings is 1. The highest BCUT2D eigenvalue weighted by molar-refractivity contribution is 7.99. The lowest BCUT2D eigenvalue weighted by molar-refractivity contribution is -0.151. The lowest BCUT2D eigenvalue weighted by Gasteiger charge is -2.31. The van der Waals surface area contributed by atoms with Gasteiger partial charge in [-0.2, -0.15) is 0 Å². The Labute approximate surface area is 208 Å². The van der Waals surface area contributed by atoms with Crippen molar-refractivity contribution in [2.45, 2.75) is 31.5 Å². The minimum absolute atomic E-state index is 0.0877. The minimum Gasteiger partial charge on any atom is -0.496 e. The first-order chi connectivity index (χ1) is 17.0. The van der Waals surface area contributed by atoms with Crippen LogP contribution in [-0.2, 0) is 20.9 Å². The summed E-state index contributed by atoms with van der Waals surface area (Å²) in [7, 11) is 1.59. The summed E-state index contributed by atoms with van der Waals surface area (Å²) >= 11 is 1.23. The molecule has 0 N–H and O–H groups in total. The number of fused-ring (bicyclic) bond motifs is 1. The number of nitrogens with zero attached hydrogens (tertiary/aromatic N) is 3. The number of aromatic nitrogens is 2. The van der Waals surface area contributed by atoms with Crippen LogP contribution in [0, 0.1) is 5.92 Å². The van der Waals surface area contributed by atoms with Crippen molar-refractivity contribution in [1.29, 1.82) is 0 Å². The number of benzene rings is 2. The number of rotatable bonds is 8. The molecule has 0 aliphatic carbocycles. The molecule has 2 aromatic carbocycles. The first kappa shape index (κ1) is 24.8. The second kappa shape index (κ2) is 11.4. The number of methoxy groups -OCH3 is 1. The van der Waals surface area contributed by atoms with Crippen molar-refractivity contribution in [3.05, 3.63) is 64.4 Å². The number of carbonyl (C=O) groups excluding carboxylic acids is 2. The molecule has 1 atom stereocenters.